The number of ether oxygens (including phenoxy) is 4. The first-order valence-electron chi connectivity index (χ1n) is 8.10. The smallest absolute Gasteiger partial charge is 0.337 e. The molecule has 0 unspecified atom stereocenters. The van der Waals surface area contributed by atoms with E-state index in [1.807, 2.05) is 39.8 Å². The van der Waals surface area contributed by atoms with E-state index in [1.165, 1.54) is 14.2 Å². The van der Waals surface area contributed by atoms with Crippen LogP contribution in [0.2, 0.25) is 0 Å². The Kier molecular flexibility index (Phi) is 2.71. The maximum absolute atomic E-state index is 12.5. The van der Waals surface area contributed by atoms with E-state index >= 15 is 0 Å². The van der Waals surface area contributed by atoms with Gasteiger partial charge in [-0.15, -0.1) is 0 Å². The summed E-state index contributed by atoms with van der Waals surface area (Å²) in [6, 6.07) is 0. The molecule has 4 bridgehead atoms. The van der Waals surface area contributed by atoms with Gasteiger partial charge in [-0.05, 0) is 27.7 Å². The second-order valence-corrected chi connectivity index (χ2v) is 7.81. The van der Waals surface area contributed by atoms with Crippen LogP contribution in [-0.4, -0.2) is 48.6 Å². The van der Waals surface area contributed by atoms with E-state index in [4.69, 9.17) is 18.9 Å². The number of rotatable bonds is 2. The van der Waals surface area contributed by atoms with Gasteiger partial charge in [0.1, 0.15) is 11.2 Å². The van der Waals surface area contributed by atoms with Crippen LogP contribution in [0.5, 0.6) is 0 Å². The average Bonchev–Trinajstić information content (AvgIpc) is 3.13. The lowest BCUT2D eigenvalue weighted by atomic mass is 9.56. The van der Waals surface area contributed by atoms with Gasteiger partial charge in [-0.3, -0.25) is 0 Å². The first-order valence-corrected chi connectivity index (χ1v) is 8.10. The molecule has 0 aromatic rings. The predicted octanol–water partition coefficient (Wildman–Crippen LogP) is 1.54. The quantitative estimate of drug-likeness (QED) is 0.563. The number of fused-ring (bicyclic) bond motifs is 9. The predicted molar refractivity (Wildman–Crippen MR) is 83.0 cm³/mol. The summed E-state index contributed by atoms with van der Waals surface area (Å²) in [6.07, 6.45) is 4.08. The lowest BCUT2D eigenvalue weighted by Crippen LogP contribution is -2.53. The van der Waals surface area contributed by atoms with Crippen LogP contribution in [-0.2, 0) is 28.5 Å². The van der Waals surface area contributed by atoms with E-state index in [0.717, 1.165) is 0 Å². The van der Waals surface area contributed by atoms with Gasteiger partial charge in [0.05, 0.1) is 36.6 Å². The summed E-state index contributed by atoms with van der Waals surface area (Å²) in [6.45, 7) is 7.71. The van der Waals surface area contributed by atoms with Gasteiger partial charge in [0.25, 0.3) is 0 Å². The van der Waals surface area contributed by atoms with Gasteiger partial charge in [0.2, 0.25) is 0 Å². The van der Waals surface area contributed by atoms with Gasteiger partial charge < -0.3 is 18.9 Å². The molecule has 0 saturated carbocycles. The summed E-state index contributed by atoms with van der Waals surface area (Å²) in [5.74, 6) is -1.29. The molecular weight excluding hydrogens is 312 g/mol. The van der Waals surface area contributed by atoms with Crippen molar-refractivity contribution >= 4 is 11.9 Å². The summed E-state index contributed by atoms with van der Waals surface area (Å²) in [5, 5.41) is 0. The highest BCUT2D eigenvalue weighted by Gasteiger charge is 2.81. The molecule has 4 aliphatic rings. The van der Waals surface area contributed by atoms with Crippen LogP contribution in [0.15, 0.2) is 23.3 Å². The normalized spacial score (nSPS) is 50.4. The monoisotopic (exact) mass is 334 g/mol. The Hall–Kier alpha value is -1.66. The number of hydrogen-bond acceptors (Lipinski definition) is 6. The largest absolute Gasteiger partial charge is 0.466 e. The zero-order valence-electron chi connectivity index (χ0n) is 14.8. The van der Waals surface area contributed by atoms with Gasteiger partial charge in [0.15, 0.2) is 0 Å². The molecule has 0 radical (unpaired) electrons. The van der Waals surface area contributed by atoms with Crippen LogP contribution < -0.4 is 0 Å². The molecule has 0 N–H and O–H groups in total. The summed E-state index contributed by atoms with van der Waals surface area (Å²) in [4.78, 5) is 25.1. The van der Waals surface area contributed by atoms with Crippen LogP contribution in [0.25, 0.3) is 0 Å². The molecule has 0 aliphatic carbocycles. The van der Waals surface area contributed by atoms with Crippen LogP contribution in [0.3, 0.4) is 0 Å². The third-order valence-electron chi connectivity index (χ3n) is 6.39. The van der Waals surface area contributed by atoms with Crippen LogP contribution in [0.1, 0.15) is 27.7 Å². The van der Waals surface area contributed by atoms with E-state index in [9.17, 15) is 9.59 Å². The van der Waals surface area contributed by atoms with Crippen molar-refractivity contribution in [2.24, 2.45) is 11.8 Å². The minimum absolute atomic E-state index is 0.0903. The van der Waals surface area contributed by atoms with Gasteiger partial charge in [-0.2, -0.15) is 0 Å². The van der Waals surface area contributed by atoms with E-state index in [-0.39, 0.29) is 23.0 Å². The second-order valence-electron chi connectivity index (χ2n) is 7.81. The van der Waals surface area contributed by atoms with Gasteiger partial charge >= 0.3 is 11.9 Å². The molecular formula is C18H22O6. The third-order valence-corrected chi connectivity index (χ3v) is 6.39. The molecule has 0 amide bonds. The zero-order chi connectivity index (χ0) is 17.7. The molecule has 6 atom stereocenters. The van der Waals surface area contributed by atoms with Crippen molar-refractivity contribution in [1.82, 2.24) is 0 Å². The molecule has 130 valence electrons. The van der Waals surface area contributed by atoms with E-state index in [2.05, 4.69) is 0 Å². The number of carbonyl (C=O) groups excluding carboxylic acids is 2. The molecule has 0 aromatic carbocycles. The van der Waals surface area contributed by atoms with Crippen molar-refractivity contribution in [2.75, 3.05) is 14.2 Å². The first-order chi connectivity index (χ1) is 11.1. The average molecular weight is 334 g/mol. The molecule has 4 heterocycles. The van der Waals surface area contributed by atoms with Crippen molar-refractivity contribution in [1.29, 1.82) is 0 Å². The number of carbonyl (C=O) groups is 2. The van der Waals surface area contributed by atoms with Crippen LogP contribution >= 0.6 is 0 Å². The van der Waals surface area contributed by atoms with E-state index in [1.54, 1.807) is 0 Å². The summed E-state index contributed by atoms with van der Waals surface area (Å²) in [5.41, 5.74) is -2.51. The third kappa shape index (κ3) is 1.41. The fraction of sp³-hybridized carbons (Fsp3) is 0.667. The minimum atomic E-state index is -0.965. The topological polar surface area (TPSA) is 71.1 Å². The Morgan fingerprint density at radius 1 is 0.833 bits per heavy atom. The Morgan fingerprint density at radius 2 is 1.21 bits per heavy atom. The highest BCUT2D eigenvalue weighted by Crippen LogP contribution is 2.72. The van der Waals surface area contributed by atoms with Gasteiger partial charge in [-0.1, -0.05) is 12.2 Å². The van der Waals surface area contributed by atoms with Crippen LogP contribution in [0, 0.1) is 11.8 Å². The number of methoxy groups -OCH3 is 2. The Bertz CT molecular complexity index is 680. The Balaban J connectivity index is 2.00. The summed E-state index contributed by atoms with van der Waals surface area (Å²) >= 11 is 0. The zero-order valence-corrected chi connectivity index (χ0v) is 14.8. The van der Waals surface area contributed by atoms with Gasteiger partial charge in [-0.25, -0.2) is 9.59 Å². The van der Waals surface area contributed by atoms with Crippen molar-refractivity contribution in [3.63, 3.8) is 0 Å². The van der Waals surface area contributed by atoms with Crippen LogP contribution in [0.4, 0.5) is 0 Å². The fourth-order valence-corrected chi connectivity index (χ4v) is 5.89. The van der Waals surface area contributed by atoms with Crippen molar-refractivity contribution in [3.05, 3.63) is 23.3 Å². The van der Waals surface area contributed by atoms with Crippen molar-refractivity contribution < 1.29 is 28.5 Å². The summed E-state index contributed by atoms with van der Waals surface area (Å²) < 4.78 is 22.7. The number of hydrogen-bond donors (Lipinski definition) is 0. The SMILES string of the molecule is COC(=O)C1=C(C(=O)OC)[C@@]2(C)O[C@@]1(C)[C@@H]1[C@@H]2[C@@]2(C)C=C[C@@]1(C)O2. The lowest BCUT2D eigenvalue weighted by Gasteiger charge is -2.41. The van der Waals surface area contributed by atoms with Crippen molar-refractivity contribution in [3.8, 4) is 0 Å². The molecule has 6 nitrogen and oxygen atoms in total. The van der Waals surface area contributed by atoms with Gasteiger partial charge in [0, 0.05) is 11.8 Å². The maximum atomic E-state index is 12.5. The molecule has 2 fully saturated rings. The molecule has 6 heteroatoms. The minimum Gasteiger partial charge on any atom is -0.466 e. The maximum Gasteiger partial charge on any atom is 0.337 e. The molecule has 4 rings (SSSR count). The first kappa shape index (κ1) is 15.8. The van der Waals surface area contributed by atoms with Crippen molar-refractivity contribution in [2.45, 2.75) is 50.1 Å². The molecule has 2 saturated heterocycles. The highest BCUT2D eigenvalue weighted by molar-refractivity contribution is 6.05. The Morgan fingerprint density at radius 3 is 1.54 bits per heavy atom. The molecule has 4 aliphatic heterocycles. The summed E-state index contributed by atoms with van der Waals surface area (Å²) in [7, 11) is 2.61. The lowest BCUT2D eigenvalue weighted by molar-refractivity contribution is -0.143. The fourth-order valence-electron chi connectivity index (χ4n) is 5.89. The van der Waals surface area contributed by atoms with E-state index < -0.39 is 34.3 Å². The van der Waals surface area contributed by atoms with E-state index in [0.29, 0.717) is 0 Å². The number of esters is 2. The standard InChI is InChI=1S/C18H22O6/c1-15-7-8-16(2,23-15)12-11(15)17(3)9(13(19)21-5)10(14(20)22-6)18(12,4)24-17/h7-8,11-12H,1-6H3/t11-,12-,15-,16-,17-,18-/m1/s1. The molecule has 0 spiro atoms. The Labute approximate surface area is 140 Å². The molecule has 0 aromatic heterocycles. The second kappa shape index (κ2) is 4.11. The highest BCUT2D eigenvalue weighted by atomic mass is 16.6. The molecule has 24 heavy (non-hydrogen) atoms.